The molecule has 0 radical (unpaired) electrons. The van der Waals surface area contributed by atoms with E-state index < -0.39 is 0 Å². The number of esters is 1. The highest BCUT2D eigenvalue weighted by Gasteiger charge is 1.92. The van der Waals surface area contributed by atoms with Gasteiger partial charge in [-0.15, -0.1) is 0 Å². The fourth-order valence-electron chi connectivity index (χ4n) is 1.36. The van der Waals surface area contributed by atoms with Gasteiger partial charge in [0.05, 0.1) is 33.0 Å². The quantitative estimate of drug-likeness (QED) is 0.420. The van der Waals surface area contributed by atoms with E-state index in [2.05, 4.69) is 11.7 Å². The minimum atomic E-state index is -0.166. The summed E-state index contributed by atoms with van der Waals surface area (Å²) in [5.41, 5.74) is 0. The summed E-state index contributed by atoms with van der Waals surface area (Å²) in [6, 6.07) is 0. The van der Waals surface area contributed by atoms with Crippen LogP contribution in [0.5, 0.6) is 0 Å². The van der Waals surface area contributed by atoms with E-state index >= 15 is 0 Å². The van der Waals surface area contributed by atoms with E-state index in [-0.39, 0.29) is 19.2 Å². The van der Waals surface area contributed by atoms with Gasteiger partial charge in [0, 0.05) is 20.1 Å². The van der Waals surface area contributed by atoms with Crippen LogP contribution in [0.15, 0.2) is 0 Å². The predicted molar refractivity (Wildman–Crippen MR) is 92.5 cm³/mol. The van der Waals surface area contributed by atoms with E-state index in [1.165, 1.54) is 32.6 Å². The molecule has 0 aromatic rings. The van der Waals surface area contributed by atoms with E-state index in [9.17, 15) is 4.79 Å². The van der Waals surface area contributed by atoms with Gasteiger partial charge in [-0.2, -0.15) is 0 Å². The summed E-state index contributed by atoms with van der Waals surface area (Å²) in [5.74, 6) is -0.166. The zero-order chi connectivity index (χ0) is 18.2. The van der Waals surface area contributed by atoms with E-state index in [0.717, 1.165) is 19.6 Å². The van der Waals surface area contributed by atoms with Crippen LogP contribution >= 0.6 is 0 Å². The third-order valence-corrected chi connectivity index (χ3v) is 2.43. The van der Waals surface area contributed by atoms with Crippen LogP contribution in [0.3, 0.4) is 0 Å². The van der Waals surface area contributed by atoms with Crippen molar-refractivity contribution in [2.24, 2.45) is 0 Å². The first-order valence-corrected chi connectivity index (χ1v) is 8.61. The van der Waals surface area contributed by atoms with Gasteiger partial charge in [-0.25, -0.2) is 0 Å². The first kappa shape index (κ1) is 27.2. The van der Waals surface area contributed by atoms with Gasteiger partial charge in [-0.05, 0) is 20.3 Å². The first-order chi connectivity index (χ1) is 11.1. The normalized spacial score (nSPS) is 9.30. The SMILES string of the molecule is CCCCCCCOC(C)=O.CCOCC.OCCOCCO. The Kier molecular flexibility index (Phi) is 34.7. The molecule has 0 aliphatic carbocycles. The number of rotatable bonds is 12. The number of unbranched alkanes of at least 4 members (excludes halogenated alkanes) is 4. The molecular weight excluding hydrogens is 300 g/mol. The summed E-state index contributed by atoms with van der Waals surface area (Å²) in [6.07, 6.45) is 6.01. The average molecular weight is 338 g/mol. The molecule has 0 heterocycles. The predicted octanol–water partition coefficient (Wildman–Crippen LogP) is 2.55. The third kappa shape index (κ3) is 44.9. The van der Waals surface area contributed by atoms with Gasteiger partial charge >= 0.3 is 5.97 Å². The summed E-state index contributed by atoms with van der Waals surface area (Å²) < 4.78 is 14.2. The molecule has 6 heteroatoms. The molecule has 23 heavy (non-hydrogen) atoms. The van der Waals surface area contributed by atoms with Gasteiger partial charge in [0.25, 0.3) is 0 Å². The van der Waals surface area contributed by atoms with Crippen molar-refractivity contribution in [3.8, 4) is 0 Å². The molecule has 0 aliphatic rings. The lowest BCUT2D eigenvalue weighted by Crippen LogP contribution is -2.03. The van der Waals surface area contributed by atoms with E-state index in [0.29, 0.717) is 19.8 Å². The summed E-state index contributed by atoms with van der Waals surface area (Å²) in [6.45, 7) is 10.6. The first-order valence-electron chi connectivity index (χ1n) is 8.61. The lowest BCUT2D eigenvalue weighted by Gasteiger charge is -2.00. The van der Waals surface area contributed by atoms with E-state index in [1.54, 1.807) is 0 Å². The van der Waals surface area contributed by atoms with Gasteiger partial charge in [-0.1, -0.05) is 32.6 Å². The van der Waals surface area contributed by atoms with Crippen LogP contribution in [0.25, 0.3) is 0 Å². The number of ether oxygens (including phenoxy) is 3. The van der Waals surface area contributed by atoms with Crippen molar-refractivity contribution in [2.45, 2.75) is 59.8 Å². The Morgan fingerprint density at radius 1 is 0.783 bits per heavy atom. The largest absolute Gasteiger partial charge is 0.466 e. The van der Waals surface area contributed by atoms with Gasteiger partial charge in [0.2, 0.25) is 0 Å². The van der Waals surface area contributed by atoms with Gasteiger partial charge in [0.1, 0.15) is 0 Å². The number of aliphatic hydroxyl groups excluding tert-OH is 2. The minimum absolute atomic E-state index is 0.0278. The van der Waals surface area contributed by atoms with Crippen molar-refractivity contribution >= 4 is 5.97 Å². The molecule has 0 aromatic carbocycles. The summed E-state index contributed by atoms with van der Waals surface area (Å²) in [4.78, 5) is 10.3. The average Bonchev–Trinajstić information content (AvgIpc) is 2.53. The smallest absolute Gasteiger partial charge is 0.302 e. The van der Waals surface area contributed by atoms with Crippen LogP contribution in [0, 0.1) is 0 Å². The zero-order valence-corrected chi connectivity index (χ0v) is 15.5. The highest BCUT2D eigenvalue weighted by Crippen LogP contribution is 2.02. The number of aliphatic hydroxyl groups is 2. The molecule has 142 valence electrons. The number of hydrogen-bond donors (Lipinski definition) is 2. The second-order valence-electron chi connectivity index (χ2n) is 4.60. The minimum Gasteiger partial charge on any atom is -0.466 e. The third-order valence-electron chi connectivity index (χ3n) is 2.43. The second-order valence-corrected chi connectivity index (χ2v) is 4.60. The Morgan fingerprint density at radius 3 is 1.65 bits per heavy atom. The summed E-state index contributed by atoms with van der Waals surface area (Å²) in [7, 11) is 0. The van der Waals surface area contributed by atoms with Crippen LogP contribution in [-0.4, -0.2) is 62.4 Å². The molecule has 0 unspecified atom stereocenters. The van der Waals surface area contributed by atoms with Gasteiger partial charge < -0.3 is 24.4 Å². The highest BCUT2D eigenvalue weighted by atomic mass is 16.5. The molecule has 0 rings (SSSR count). The van der Waals surface area contributed by atoms with Crippen molar-refractivity contribution in [3.05, 3.63) is 0 Å². The molecule has 0 aromatic heterocycles. The van der Waals surface area contributed by atoms with Crippen LogP contribution in [0.4, 0.5) is 0 Å². The van der Waals surface area contributed by atoms with Gasteiger partial charge in [0.15, 0.2) is 0 Å². The van der Waals surface area contributed by atoms with Gasteiger partial charge in [-0.3, -0.25) is 4.79 Å². The fourth-order valence-corrected chi connectivity index (χ4v) is 1.36. The fraction of sp³-hybridized carbons (Fsp3) is 0.941. The van der Waals surface area contributed by atoms with Crippen LogP contribution in [0.2, 0.25) is 0 Å². The lowest BCUT2D eigenvalue weighted by molar-refractivity contribution is -0.141. The Morgan fingerprint density at radius 2 is 1.30 bits per heavy atom. The molecule has 0 saturated carbocycles. The highest BCUT2D eigenvalue weighted by molar-refractivity contribution is 5.65. The molecule has 2 N–H and O–H groups in total. The molecule has 0 spiro atoms. The molecule has 6 nitrogen and oxygen atoms in total. The molecular formula is C17H38O6. The van der Waals surface area contributed by atoms with Crippen molar-refractivity contribution in [2.75, 3.05) is 46.2 Å². The maximum Gasteiger partial charge on any atom is 0.302 e. The standard InChI is InChI=1S/C9H18O2.C4H10O3.C4H10O/c1-3-4-5-6-7-8-11-9(2)10;5-1-3-7-4-2-6;1-3-5-4-2/h3-8H2,1-2H3;5-6H,1-4H2;3-4H2,1-2H3. The van der Waals surface area contributed by atoms with Crippen LogP contribution in [-0.2, 0) is 19.0 Å². The number of carbonyl (C=O) groups excluding carboxylic acids is 1. The zero-order valence-electron chi connectivity index (χ0n) is 15.5. The van der Waals surface area contributed by atoms with Crippen molar-refractivity contribution < 1.29 is 29.2 Å². The molecule has 0 amide bonds. The summed E-state index contributed by atoms with van der Waals surface area (Å²) in [5, 5.41) is 16.2. The van der Waals surface area contributed by atoms with Crippen molar-refractivity contribution in [1.29, 1.82) is 0 Å². The monoisotopic (exact) mass is 338 g/mol. The maximum absolute atomic E-state index is 10.3. The van der Waals surface area contributed by atoms with Crippen molar-refractivity contribution in [1.82, 2.24) is 0 Å². The molecule has 0 fully saturated rings. The van der Waals surface area contributed by atoms with E-state index in [4.69, 9.17) is 19.7 Å². The van der Waals surface area contributed by atoms with Crippen LogP contribution < -0.4 is 0 Å². The number of hydrogen-bond acceptors (Lipinski definition) is 6. The molecule has 0 saturated heterocycles. The topological polar surface area (TPSA) is 85.2 Å². The second kappa shape index (κ2) is 29.3. The molecule has 0 aliphatic heterocycles. The van der Waals surface area contributed by atoms with Crippen molar-refractivity contribution in [3.63, 3.8) is 0 Å². The summed E-state index contributed by atoms with van der Waals surface area (Å²) >= 11 is 0. The maximum atomic E-state index is 10.3. The lowest BCUT2D eigenvalue weighted by atomic mass is 10.2. The molecule has 0 bridgehead atoms. The molecule has 0 atom stereocenters. The Bertz CT molecular complexity index is 194. The Balaban J connectivity index is -0.000000286. The Hall–Kier alpha value is -0.690. The van der Waals surface area contributed by atoms with Crippen LogP contribution in [0.1, 0.15) is 59.8 Å². The van der Waals surface area contributed by atoms with E-state index in [1.807, 2.05) is 13.8 Å². The number of carbonyl (C=O) groups is 1. The Labute approximate surface area is 142 Å².